The van der Waals surface area contributed by atoms with Crippen molar-refractivity contribution in [1.82, 2.24) is 5.32 Å². The average Bonchev–Trinajstić information content (AvgIpc) is 3.04. The third-order valence-electron chi connectivity index (χ3n) is 3.34. The number of carboxylic acids is 1. The smallest absolute Gasteiger partial charge is 0.328 e. The number of carbonyl (C=O) groups is 2. The van der Waals surface area contributed by atoms with Gasteiger partial charge in [-0.3, -0.25) is 4.79 Å². The van der Waals surface area contributed by atoms with Gasteiger partial charge in [0.2, 0.25) is 0 Å². The molecule has 0 spiro atoms. The predicted octanol–water partition coefficient (Wildman–Crippen LogP) is 2.14. The maximum Gasteiger partial charge on any atom is 0.328 e. The van der Waals surface area contributed by atoms with Crippen LogP contribution in [0.25, 0.3) is 6.08 Å². The number of hydrogen-bond donors (Lipinski definition) is 2. The Balaban J connectivity index is 1.97. The highest BCUT2D eigenvalue weighted by molar-refractivity contribution is 7.11. The normalized spacial score (nSPS) is 22.2. The number of nitrogens with one attached hydrogen (secondary N) is 1. The summed E-state index contributed by atoms with van der Waals surface area (Å²) in [5.74, 6) is -1.14. The molecule has 6 heteroatoms. The Bertz CT molecular complexity index is 523. The van der Waals surface area contributed by atoms with Crippen molar-refractivity contribution < 1.29 is 19.4 Å². The SMILES string of the molecule is COC1CCCC1NC(=O)c1csc(C=CC(=O)O)c1. The van der Waals surface area contributed by atoms with Gasteiger partial charge in [-0.15, -0.1) is 11.3 Å². The monoisotopic (exact) mass is 295 g/mol. The van der Waals surface area contributed by atoms with E-state index < -0.39 is 5.97 Å². The maximum atomic E-state index is 12.1. The molecule has 5 nitrogen and oxygen atoms in total. The minimum atomic E-state index is -1.00. The van der Waals surface area contributed by atoms with Gasteiger partial charge < -0.3 is 15.2 Å². The number of hydrogen-bond acceptors (Lipinski definition) is 4. The number of thiophene rings is 1. The average molecular weight is 295 g/mol. The number of carboxylic acid groups (broad SMARTS) is 1. The van der Waals surface area contributed by atoms with Crippen molar-refractivity contribution in [3.63, 3.8) is 0 Å². The second kappa shape index (κ2) is 6.67. The summed E-state index contributed by atoms with van der Waals surface area (Å²) in [6.45, 7) is 0. The van der Waals surface area contributed by atoms with Crippen molar-refractivity contribution in [2.24, 2.45) is 0 Å². The highest BCUT2D eigenvalue weighted by atomic mass is 32.1. The van der Waals surface area contributed by atoms with E-state index in [1.165, 1.54) is 17.4 Å². The molecule has 1 aliphatic carbocycles. The van der Waals surface area contributed by atoms with E-state index in [0.717, 1.165) is 30.2 Å². The van der Waals surface area contributed by atoms with E-state index in [1.54, 1.807) is 18.6 Å². The van der Waals surface area contributed by atoms with Crippen molar-refractivity contribution in [2.75, 3.05) is 7.11 Å². The van der Waals surface area contributed by atoms with Crippen LogP contribution in [0.4, 0.5) is 0 Å². The number of aliphatic carboxylic acids is 1. The van der Waals surface area contributed by atoms with Crippen molar-refractivity contribution in [1.29, 1.82) is 0 Å². The third-order valence-corrected chi connectivity index (χ3v) is 4.24. The second-order valence-electron chi connectivity index (χ2n) is 4.69. The Kier molecular flexibility index (Phi) is 4.92. The van der Waals surface area contributed by atoms with Crippen LogP contribution in [-0.2, 0) is 9.53 Å². The molecule has 1 heterocycles. The standard InChI is InChI=1S/C14H17NO4S/c1-19-12-4-2-3-11(12)15-14(18)9-7-10(20-8-9)5-6-13(16)17/h5-8,11-12H,2-4H2,1H3,(H,15,18)(H,16,17). The molecule has 1 aliphatic rings. The molecule has 2 N–H and O–H groups in total. The molecule has 0 saturated heterocycles. The molecule has 2 atom stereocenters. The quantitative estimate of drug-likeness (QED) is 0.816. The summed E-state index contributed by atoms with van der Waals surface area (Å²) in [5.41, 5.74) is 0.557. The van der Waals surface area contributed by atoms with Gasteiger partial charge in [0.15, 0.2) is 0 Å². The lowest BCUT2D eigenvalue weighted by Gasteiger charge is -2.19. The van der Waals surface area contributed by atoms with Gasteiger partial charge in [0.25, 0.3) is 5.91 Å². The van der Waals surface area contributed by atoms with E-state index in [0.29, 0.717) is 5.56 Å². The maximum absolute atomic E-state index is 12.1. The van der Waals surface area contributed by atoms with Gasteiger partial charge in [0.05, 0.1) is 17.7 Å². The first-order valence-electron chi connectivity index (χ1n) is 6.43. The first-order chi connectivity index (χ1) is 9.60. The van der Waals surface area contributed by atoms with Gasteiger partial charge in [-0.05, 0) is 31.4 Å². The van der Waals surface area contributed by atoms with Crippen LogP contribution < -0.4 is 5.32 Å². The molecule has 1 aromatic rings. The molecule has 0 radical (unpaired) electrons. The molecule has 1 saturated carbocycles. The van der Waals surface area contributed by atoms with Gasteiger partial charge in [0, 0.05) is 23.4 Å². The number of carbonyl (C=O) groups excluding carboxylic acids is 1. The number of methoxy groups -OCH3 is 1. The van der Waals surface area contributed by atoms with Crippen LogP contribution in [0, 0.1) is 0 Å². The zero-order valence-electron chi connectivity index (χ0n) is 11.2. The van der Waals surface area contributed by atoms with Crippen molar-refractivity contribution in [3.8, 4) is 0 Å². The first kappa shape index (κ1) is 14.7. The summed E-state index contributed by atoms with van der Waals surface area (Å²) < 4.78 is 5.34. The van der Waals surface area contributed by atoms with Crippen molar-refractivity contribution >= 4 is 29.3 Å². The molecule has 0 bridgehead atoms. The first-order valence-corrected chi connectivity index (χ1v) is 7.31. The van der Waals surface area contributed by atoms with E-state index in [2.05, 4.69) is 5.32 Å². The predicted molar refractivity (Wildman–Crippen MR) is 76.9 cm³/mol. The van der Waals surface area contributed by atoms with Crippen LogP contribution in [0.1, 0.15) is 34.5 Å². The van der Waals surface area contributed by atoms with Crippen molar-refractivity contribution in [2.45, 2.75) is 31.4 Å². The van der Waals surface area contributed by atoms with Gasteiger partial charge in [-0.25, -0.2) is 4.79 Å². The van der Waals surface area contributed by atoms with Gasteiger partial charge >= 0.3 is 5.97 Å². The fourth-order valence-electron chi connectivity index (χ4n) is 2.34. The fourth-order valence-corrected chi connectivity index (χ4v) is 3.12. The van der Waals surface area contributed by atoms with Gasteiger partial charge in [-0.2, -0.15) is 0 Å². The van der Waals surface area contributed by atoms with Gasteiger partial charge in [0.1, 0.15) is 0 Å². The minimum absolute atomic E-state index is 0.0606. The molecular formula is C14H17NO4S. The summed E-state index contributed by atoms with van der Waals surface area (Å²) in [6.07, 6.45) is 5.59. The van der Waals surface area contributed by atoms with E-state index in [9.17, 15) is 9.59 Å². The van der Waals surface area contributed by atoms with Crippen LogP contribution >= 0.6 is 11.3 Å². The van der Waals surface area contributed by atoms with E-state index >= 15 is 0 Å². The van der Waals surface area contributed by atoms with Crippen LogP contribution in [0.3, 0.4) is 0 Å². The number of ether oxygens (including phenoxy) is 1. The zero-order chi connectivity index (χ0) is 14.5. The number of rotatable bonds is 5. The Labute approximate surface area is 121 Å². The summed E-state index contributed by atoms with van der Waals surface area (Å²) >= 11 is 1.34. The summed E-state index contributed by atoms with van der Waals surface area (Å²) in [7, 11) is 1.66. The molecule has 1 aromatic heterocycles. The zero-order valence-corrected chi connectivity index (χ0v) is 12.0. The van der Waals surface area contributed by atoms with Crippen LogP contribution in [0.5, 0.6) is 0 Å². The molecule has 108 valence electrons. The van der Waals surface area contributed by atoms with E-state index in [1.807, 2.05) is 0 Å². The molecule has 1 fully saturated rings. The summed E-state index contributed by atoms with van der Waals surface area (Å²) in [5, 5.41) is 13.3. The lowest BCUT2D eigenvalue weighted by atomic mass is 10.2. The second-order valence-corrected chi connectivity index (χ2v) is 5.64. The topological polar surface area (TPSA) is 75.6 Å². The highest BCUT2D eigenvalue weighted by Gasteiger charge is 2.28. The lowest BCUT2D eigenvalue weighted by molar-refractivity contribution is -0.131. The third kappa shape index (κ3) is 3.68. The molecule has 0 aromatic carbocycles. The van der Waals surface area contributed by atoms with Gasteiger partial charge in [-0.1, -0.05) is 0 Å². The molecule has 2 unspecified atom stereocenters. The largest absolute Gasteiger partial charge is 0.478 e. The Hall–Kier alpha value is -1.66. The summed E-state index contributed by atoms with van der Waals surface area (Å²) in [4.78, 5) is 23.3. The molecule has 0 aliphatic heterocycles. The molecule has 2 rings (SSSR count). The van der Waals surface area contributed by atoms with E-state index in [4.69, 9.17) is 9.84 Å². The Morgan fingerprint density at radius 3 is 3.00 bits per heavy atom. The molecule has 1 amide bonds. The van der Waals surface area contributed by atoms with Crippen molar-refractivity contribution in [3.05, 3.63) is 28.0 Å². The molecule has 20 heavy (non-hydrogen) atoms. The lowest BCUT2D eigenvalue weighted by Crippen LogP contribution is -2.40. The number of amides is 1. The minimum Gasteiger partial charge on any atom is -0.478 e. The van der Waals surface area contributed by atoms with E-state index in [-0.39, 0.29) is 18.1 Å². The van der Waals surface area contributed by atoms with Crippen LogP contribution in [-0.4, -0.2) is 36.2 Å². The fraction of sp³-hybridized carbons (Fsp3) is 0.429. The van der Waals surface area contributed by atoms with Crippen LogP contribution in [0.15, 0.2) is 17.5 Å². The highest BCUT2D eigenvalue weighted by Crippen LogP contribution is 2.22. The molecular weight excluding hydrogens is 278 g/mol. The summed E-state index contributed by atoms with van der Waals surface area (Å²) in [6, 6.07) is 1.75. The van der Waals surface area contributed by atoms with Crippen LogP contribution in [0.2, 0.25) is 0 Å². The Morgan fingerprint density at radius 1 is 1.50 bits per heavy atom. The Morgan fingerprint density at radius 2 is 2.30 bits per heavy atom.